The SMILES string of the molecule is O=C(CO)[C@@H](O)CCO. The maximum atomic E-state index is 10.3. The van der Waals surface area contributed by atoms with Crippen LogP contribution in [0, 0.1) is 0 Å². The fourth-order valence-corrected chi connectivity index (χ4v) is 0.389. The Balaban J connectivity index is 3.45. The maximum absolute atomic E-state index is 10.3. The van der Waals surface area contributed by atoms with Crippen LogP contribution in [0.4, 0.5) is 0 Å². The molecule has 0 bridgehead atoms. The number of hydrogen-bond acceptors (Lipinski definition) is 4. The van der Waals surface area contributed by atoms with Gasteiger partial charge in [-0.1, -0.05) is 0 Å². The molecule has 0 aromatic heterocycles. The van der Waals surface area contributed by atoms with Gasteiger partial charge in [0.1, 0.15) is 12.7 Å². The highest BCUT2D eigenvalue weighted by Gasteiger charge is 2.11. The smallest absolute Gasteiger partial charge is 0.186 e. The molecular formula is C5H10O4. The van der Waals surface area contributed by atoms with Crippen LogP contribution in [-0.4, -0.2) is 40.4 Å². The summed E-state index contributed by atoms with van der Waals surface area (Å²) in [5, 5.41) is 25.0. The maximum Gasteiger partial charge on any atom is 0.186 e. The minimum atomic E-state index is -1.21. The van der Waals surface area contributed by atoms with Gasteiger partial charge in [0.25, 0.3) is 0 Å². The second kappa shape index (κ2) is 4.43. The number of Topliss-reactive ketones (excluding diaryl/α,β-unsaturated/α-hetero) is 1. The molecule has 9 heavy (non-hydrogen) atoms. The van der Waals surface area contributed by atoms with Gasteiger partial charge in [0.05, 0.1) is 0 Å². The molecule has 0 radical (unpaired) electrons. The molecule has 0 saturated carbocycles. The van der Waals surface area contributed by atoms with Crippen molar-refractivity contribution in [2.24, 2.45) is 0 Å². The number of ketones is 1. The van der Waals surface area contributed by atoms with Gasteiger partial charge in [-0.15, -0.1) is 0 Å². The van der Waals surface area contributed by atoms with E-state index in [1.54, 1.807) is 0 Å². The zero-order valence-electron chi connectivity index (χ0n) is 4.95. The van der Waals surface area contributed by atoms with Crippen molar-refractivity contribution >= 4 is 5.78 Å². The van der Waals surface area contributed by atoms with Crippen LogP contribution in [0.5, 0.6) is 0 Å². The number of rotatable bonds is 4. The minimum Gasteiger partial charge on any atom is -0.396 e. The third-order valence-corrected chi connectivity index (χ3v) is 0.930. The highest BCUT2D eigenvalue weighted by atomic mass is 16.3. The van der Waals surface area contributed by atoms with E-state index in [1.165, 1.54) is 0 Å². The van der Waals surface area contributed by atoms with Gasteiger partial charge in [-0.3, -0.25) is 4.79 Å². The van der Waals surface area contributed by atoms with Crippen LogP contribution in [0.2, 0.25) is 0 Å². The Bertz CT molecular complexity index is 91.0. The van der Waals surface area contributed by atoms with Gasteiger partial charge >= 0.3 is 0 Å². The second-order valence-electron chi connectivity index (χ2n) is 1.65. The average molecular weight is 134 g/mol. The Hall–Kier alpha value is -0.450. The predicted octanol–water partition coefficient (Wildman–Crippen LogP) is -1.71. The molecular weight excluding hydrogens is 124 g/mol. The lowest BCUT2D eigenvalue weighted by Gasteiger charge is -2.03. The molecule has 0 aliphatic rings. The van der Waals surface area contributed by atoms with Crippen molar-refractivity contribution in [3.8, 4) is 0 Å². The molecule has 0 aliphatic heterocycles. The fourth-order valence-electron chi connectivity index (χ4n) is 0.389. The van der Waals surface area contributed by atoms with Gasteiger partial charge in [-0.25, -0.2) is 0 Å². The van der Waals surface area contributed by atoms with Gasteiger partial charge in [-0.2, -0.15) is 0 Å². The molecule has 0 aliphatic carbocycles. The quantitative estimate of drug-likeness (QED) is 0.428. The first kappa shape index (κ1) is 8.55. The topological polar surface area (TPSA) is 77.8 Å². The summed E-state index contributed by atoms with van der Waals surface area (Å²) in [7, 11) is 0. The number of carbonyl (C=O) groups excluding carboxylic acids is 1. The molecule has 4 nitrogen and oxygen atoms in total. The van der Waals surface area contributed by atoms with E-state index in [1.807, 2.05) is 0 Å². The van der Waals surface area contributed by atoms with E-state index < -0.39 is 18.5 Å². The van der Waals surface area contributed by atoms with Gasteiger partial charge in [0.2, 0.25) is 0 Å². The monoisotopic (exact) mass is 134 g/mol. The first-order valence-electron chi connectivity index (χ1n) is 2.65. The second-order valence-corrected chi connectivity index (χ2v) is 1.65. The van der Waals surface area contributed by atoms with Crippen LogP contribution in [0.15, 0.2) is 0 Å². The zero-order chi connectivity index (χ0) is 7.28. The van der Waals surface area contributed by atoms with E-state index in [4.69, 9.17) is 15.3 Å². The van der Waals surface area contributed by atoms with Crippen LogP contribution >= 0.6 is 0 Å². The van der Waals surface area contributed by atoms with Crippen molar-refractivity contribution in [3.05, 3.63) is 0 Å². The summed E-state index contributed by atoms with van der Waals surface area (Å²) in [6.45, 7) is -0.909. The molecule has 0 saturated heterocycles. The van der Waals surface area contributed by atoms with Crippen molar-refractivity contribution in [1.29, 1.82) is 0 Å². The van der Waals surface area contributed by atoms with Gasteiger partial charge in [0.15, 0.2) is 5.78 Å². The van der Waals surface area contributed by atoms with Gasteiger partial charge in [-0.05, 0) is 0 Å². The van der Waals surface area contributed by atoms with Crippen LogP contribution in [-0.2, 0) is 4.79 Å². The molecule has 0 unspecified atom stereocenters. The molecule has 54 valence electrons. The third kappa shape index (κ3) is 3.18. The molecule has 3 N–H and O–H groups in total. The average Bonchev–Trinajstić information content (AvgIpc) is 1.87. The van der Waals surface area contributed by atoms with E-state index in [9.17, 15) is 4.79 Å². The fraction of sp³-hybridized carbons (Fsp3) is 0.800. The molecule has 0 rings (SSSR count). The van der Waals surface area contributed by atoms with Crippen molar-refractivity contribution in [2.45, 2.75) is 12.5 Å². The summed E-state index contributed by atoms with van der Waals surface area (Å²) in [6, 6.07) is 0. The van der Waals surface area contributed by atoms with E-state index in [0.29, 0.717) is 0 Å². The third-order valence-electron chi connectivity index (χ3n) is 0.930. The molecule has 0 spiro atoms. The van der Waals surface area contributed by atoms with Crippen molar-refractivity contribution in [3.63, 3.8) is 0 Å². The summed E-state index contributed by atoms with van der Waals surface area (Å²) in [5.41, 5.74) is 0. The Morgan fingerprint density at radius 3 is 2.33 bits per heavy atom. The summed E-state index contributed by atoms with van der Waals surface area (Å²) in [4.78, 5) is 10.3. The van der Waals surface area contributed by atoms with E-state index in [-0.39, 0.29) is 13.0 Å². The number of aliphatic hydroxyl groups excluding tert-OH is 3. The highest BCUT2D eigenvalue weighted by Crippen LogP contribution is 1.90. The molecule has 0 heterocycles. The Morgan fingerprint density at radius 2 is 2.00 bits per heavy atom. The lowest BCUT2D eigenvalue weighted by atomic mass is 10.2. The minimum absolute atomic E-state index is 0.000602. The lowest BCUT2D eigenvalue weighted by Crippen LogP contribution is -2.24. The molecule has 0 amide bonds. The lowest BCUT2D eigenvalue weighted by molar-refractivity contribution is -0.130. The van der Waals surface area contributed by atoms with Crippen LogP contribution in [0.25, 0.3) is 0 Å². The van der Waals surface area contributed by atoms with Crippen molar-refractivity contribution in [2.75, 3.05) is 13.2 Å². The Morgan fingerprint density at radius 1 is 1.44 bits per heavy atom. The van der Waals surface area contributed by atoms with Crippen LogP contribution in [0.3, 0.4) is 0 Å². The molecule has 0 aromatic rings. The Kier molecular flexibility index (Phi) is 4.21. The zero-order valence-corrected chi connectivity index (χ0v) is 4.95. The van der Waals surface area contributed by atoms with Gasteiger partial charge < -0.3 is 15.3 Å². The number of hydrogen-bond donors (Lipinski definition) is 3. The summed E-state index contributed by atoms with van der Waals surface area (Å²) < 4.78 is 0. The molecule has 0 fully saturated rings. The first-order valence-corrected chi connectivity index (χ1v) is 2.65. The highest BCUT2D eigenvalue weighted by molar-refractivity contribution is 5.83. The number of aliphatic hydroxyl groups is 3. The van der Waals surface area contributed by atoms with E-state index in [2.05, 4.69) is 0 Å². The van der Waals surface area contributed by atoms with E-state index in [0.717, 1.165) is 0 Å². The number of carbonyl (C=O) groups is 1. The van der Waals surface area contributed by atoms with Crippen LogP contribution in [0.1, 0.15) is 6.42 Å². The largest absolute Gasteiger partial charge is 0.396 e. The molecule has 0 aromatic carbocycles. The predicted molar refractivity (Wildman–Crippen MR) is 29.8 cm³/mol. The standard InChI is InChI=1S/C5H10O4/c6-2-1-4(8)5(9)3-7/h4,6-8H,1-3H2/t4-/m0/s1. The van der Waals surface area contributed by atoms with Crippen LogP contribution < -0.4 is 0 Å². The molecule has 4 heteroatoms. The summed E-state index contributed by atoms with van der Waals surface area (Å²) in [6.07, 6.45) is -1.21. The van der Waals surface area contributed by atoms with Crippen molar-refractivity contribution in [1.82, 2.24) is 0 Å². The Labute approximate surface area is 52.7 Å². The summed E-state index contributed by atoms with van der Waals surface area (Å²) >= 11 is 0. The normalized spacial score (nSPS) is 13.2. The molecule has 1 atom stereocenters. The van der Waals surface area contributed by atoms with Crippen molar-refractivity contribution < 1.29 is 20.1 Å². The van der Waals surface area contributed by atoms with E-state index >= 15 is 0 Å². The summed E-state index contributed by atoms with van der Waals surface area (Å²) in [5.74, 6) is -0.649. The van der Waals surface area contributed by atoms with Gasteiger partial charge in [0, 0.05) is 13.0 Å². The first-order chi connectivity index (χ1) is 4.22.